The maximum absolute atomic E-state index is 3.38. The summed E-state index contributed by atoms with van der Waals surface area (Å²) in [6, 6.07) is 0. The number of nitrogens with one attached hydrogen (secondary N) is 1. The van der Waals surface area contributed by atoms with Gasteiger partial charge in [-0.05, 0) is 0 Å². The van der Waals surface area contributed by atoms with Crippen LogP contribution in [-0.4, -0.2) is 30.8 Å². The smallest absolute Gasteiger partial charge is 0.0867 e. The second kappa shape index (κ2) is 9.40. The van der Waals surface area contributed by atoms with E-state index in [4.69, 9.17) is 0 Å². The normalized spacial score (nSPS) is 9.33. The molecule has 0 amide bonds. The zero-order valence-electron chi connectivity index (χ0n) is 5.46. The van der Waals surface area contributed by atoms with E-state index in [1.165, 1.54) is 13.1 Å². The van der Waals surface area contributed by atoms with Crippen LogP contribution in [0.2, 0.25) is 0 Å². The average Bonchev–Trinajstić information content (AvgIpc) is 1.68. The van der Waals surface area contributed by atoms with Crippen LogP contribution >= 0.6 is 31.9 Å². The Bertz CT molecular complexity index is 45.5. The topological polar surface area (TPSA) is 4.44 Å². The fourth-order valence-corrected chi connectivity index (χ4v) is 1.80. The van der Waals surface area contributed by atoms with Gasteiger partial charge in [0.05, 0.1) is 30.8 Å². The summed E-state index contributed by atoms with van der Waals surface area (Å²) in [5.41, 5.74) is 0. The summed E-state index contributed by atoms with van der Waals surface area (Å²) < 4.78 is 0. The van der Waals surface area contributed by atoms with Gasteiger partial charge in [-0.25, -0.2) is 0 Å². The lowest BCUT2D eigenvalue weighted by atomic mass is 10.6. The average molecular weight is 326 g/mol. The van der Waals surface area contributed by atoms with Gasteiger partial charge in [-0.1, -0.05) is 31.9 Å². The fourth-order valence-electron chi connectivity index (χ4n) is 0.448. The van der Waals surface area contributed by atoms with Gasteiger partial charge in [0.25, 0.3) is 0 Å². The standard InChI is InChI=1S/C5H11Br2N.BrH/c1-8(4-2-6)5-3-7;/h2-5H2,1H3;1H. The van der Waals surface area contributed by atoms with Crippen molar-refractivity contribution in [3.63, 3.8) is 0 Å². The molecule has 0 aliphatic rings. The van der Waals surface area contributed by atoms with Gasteiger partial charge in [0.2, 0.25) is 0 Å². The van der Waals surface area contributed by atoms with E-state index in [0.29, 0.717) is 0 Å². The third kappa shape index (κ3) is 9.40. The van der Waals surface area contributed by atoms with Crippen molar-refractivity contribution in [2.75, 3.05) is 30.8 Å². The molecular weight excluding hydrogens is 314 g/mol. The first-order chi connectivity index (χ1) is 3.81. The Morgan fingerprint density at radius 1 is 1.11 bits per heavy atom. The Kier molecular flexibility index (Phi) is 13.6. The van der Waals surface area contributed by atoms with Crippen LogP contribution in [0, 0.1) is 0 Å². The maximum atomic E-state index is 3.38. The van der Waals surface area contributed by atoms with Crippen molar-refractivity contribution >= 4 is 31.9 Å². The first kappa shape index (κ1) is 13.0. The molecule has 9 heavy (non-hydrogen) atoms. The van der Waals surface area contributed by atoms with Crippen LogP contribution < -0.4 is 21.9 Å². The number of hydrogen-bond donors (Lipinski definition) is 1. The summed E-state index contributed by atoms with van der Waals surface area (Å²) in [6.07, 6.45) is 0. The number of halogens is 3. The molecule has 0 bridgehead atoms. The minimum atomic E-state index is 0. The van der Waals surface area contributed by atoms with E-state index in [-0.39, 0.29) is 17.0 Å². The number of quaternary nitrogens is 1. The number of alkyl halides is 2. The van der Waals surface area contributed by atoms with E-state index < -0.39 is 0 Å². The molecule has 0 aliphatic heterocycles. The van der Waals surface area contributed by atoms with Crippen molar-refractivity contribution in [1.29, 1.82) is 0 Å². The third-order valence-electron chi connectivity index (χ3n) is 1.04. The van der Waals surface area contributed by atoms with E-state index in [2.05, 4.69) is 38.9 Å². The minimum Gasteiger partial charge on any atom is -1.00 e. The molecule has 0 atom stereocenters. The molecule has 0 aromatic heterocycles. The molecule has 1 nitrogen and oxygen atoms in total. The Labute approximate surface area is 84.2 Å². The van der Waals surface area contributed by atoms with Crippen molar-refractivity contribution < 1.29 is 21.9 Å². The van der Waals surface area contributed by atoms with Crippen molar-refractivity contribution in [2.45, 2.75) is 0 Å². The van der Waals surface area contributed by atoms with Crippen molar-refractivity contribution in [2.24, 2.45) is 0 Å². The van der Waals surface area contributed by atoms with Crippen LogP contribution in [0.25, 0.3) is 0 Å². The molecular formula is C5H12Br3N. The molecule has 0 aliphatic carbocycles. The van der Waals surface area contributed by atoms with Gasteiger partial charge in [0.1, 0.15) is 0 Å². The van der Waals surface area contributed by atoms with Gasteiger partial charge in [0, 0.05) is 0 Å². The molecule has 0 fully saturated rings. The molecule has 1 N–H and O–H groups in total. The SMILES string of the molecule is C[NH+](CCBr)CCBr.[Br-]. The number of hydrogen-bond acceptors (Lipinski definition) is 0. The zero-order chi connectivity index (χ0) is 6.41. The highest BCUT2D eigenvalue weighted by Crippen LogP contribution is 1.72. The lowest BCUT2D eigenvalue weighted by molar-refractivity contribution is -0.873. The summed E-state index contributed by atoms with van der Waals surface area (Å²) in [4.78, 5) is 1.57. The Hall–Kier alpha value is 1.40. The Morgan fingerprint density at radius 2 is 1.44 bits per heavy atom. The van der Waals surface area contributed by atoms with E-state index in [9.17, 15) is 0 Å². The van der Waals surface area contributed by atoms with E-state index in [1.54, 1.807) is 4.90 Å². The van der Waals surface area contributed by atoms with E-state index >= 15 is 0 Å². The maximum Gasteiger partial charge on any atom is 0.0867 e. The molecule has 4 heteroatoms. The lowest BCUT2D eigenvalue weighted by Gasteiger charge is -2.08. The summed E-state index contributed by atoms with van der Waals surface area (Å²) in [6.45, 7) is 2.43. The van der Waals surface area contributed by atoms with Crippen LogP contribution in [0.1, 0.15) is 0 Å². The molecule has 0 radical (unpaired) electrons. The third-order valence-corrected chi connectivity index (χ3v) is 1.84. The lowest BCUT2D eigenvalue weighted by Crippen LogP contribution is -3.09. The number of rotatable bonds is 4. The largest absolute Gasteiger partial charge is 1.00 e. The van der Waals surface area contributed by atoms with E-state index in [1.807, 2.05) is 0 Å². The minimum absolute atomic E-state index is 0. The molecule has 0 saturated heterocycles. The Balaban J connectivity index is 0. The first-order valence-electron chi connectivity index (χ1n) is 2.74. The van der Waals surface area contributed by atoms with Crippen molar-refractivity contribution in [3.8, 4) is 0 Å². The Morgan fingerprint density at radius 3 is 1.67 bits per heavy atom. The zero-order valence-corrected chi connectivity index (χ0v) is 10.2. The van der Waals surface area contributed by atoms with Gasteiger partial charge in [-0.2, -0.15) is 0 Å². The van der Waals surface area contributed by atoms with Gasteiger partial charge in [-0.15, -0.1) is 0 Å². The van der Waals surface area contributed by atoms with Crippen LogP contribution in [-0.2, 0) is 0 Å². The molecule has 0 aromatic rings. The summed E-state index contributed by atoms with van der Waals surface area (Å²) in [5, 5.41) is 2.21. The van der Waals surface area contributed by atoms with Crippen LogP contribution in [0.4, 0.5) is 0 Å². The molecule has 0 spiro atoms. The predicted octanol–water partition coefficient (Wildman–Crippen LogP) is -2.71. The predicted molar refractivity (Wildman–Crippen MR) is 44.2 cm³/mol. The van der Waals surface area contributed by atoms with Crippen LogP contribution in [0.5, 0.6) is 0 Å². The molecule has 0 unspecified atom stereocenters. The fraction of sp³-hybridized carbons (Fsp3) is 1.00. The first-order valence-corrected chi connectivity index (χ1v) is 4.98. The molecule has 58 valence electrons. The van der Waals surface area contributed by atoms with Crippen molar-refractivity contribution in [3.05, 3.63) is 0 Å². The molecule has 0 aromatic carbocycles. The highest BCUT2D eigenvalue weighted by Gasteiger charge is 1.95. The van der Waals surface area contributed by atoms with Crippen LogP contribution in [0.3, 0.4) is 0 Å². The van der Waals surface area contributed by atoms with Crippen molar-refractivity contribution in [1.82, 2.24) is 0 Å². The van der Waals surface area contributed by atoms with Gasteiger partial charge < -0.3 is 21.9 Å². The van der Waals surface area contributed by atoms with Gasteiger partial charge >= 0.3 is 0 Å². The second-order valence-electron chi connectivity index (χ2n) is 1.84. The second-order valence-corrected chi connectivity index (χ2v) is 3.42. The summed E-state index contributed by atoms with van der Waals surface area (Å²) in [5.74, 6) is 0. The summed E-state index contributed by atoms with van der Waals surface area (Å²) in [7, 11) is 2.20. The van der Waals surface area contributed by atoms with Gasteiger partial charge in [0.15, 0.2) is 0 Å². The van der Waals surface area contributed by atoms with Crippen LogP contribution in [0.15, 0.2) is 0 Å². The monoisotopic (exact) mass is 323 g/mol. The van der Waals surface area contributed by atoms with E-state index in [0.717, 1.165) is 10.7 Å². The van der Waals surface area contributed by atoms with Gasteiger partial charge in [-0.3, -0.25) is 0 Å². The molecule has 0 rings (SSSR count). The summed E-state index contributed by atoms with van der Waals surface area (Å²) >= 11 is 6.77. The molecule has 0 saturated carbocycles. The highest BCUT2D eigenvalue weighted by molar-refractivity contribution is 9.09. The quantitative estimate of drug-likeness (QED) is 0.537. The highest BCUT2D eigenvalue weighted by atomic mass is 79.9. The molecule has 0 heterocycles.